The van der Waals surface area contributed by atoms with E-state index in [1.807, 2.05) is 0 Å². The summed E-state index contributed by atoms with van der Waals surface area (Å²) in [6.07, 6.45) is 10.7. The zero-order valence-electron chi connectivity index (χ0n) is 92.0. The molecule has 12 heterocycles. The van der Waals surface area contributed by atoms with Gasteiger partial charge in [0.05, 0.1) is 79.3 Å². The lowest BCUT2D eigenvalue weighted by molar-refractivity contribution is -0.326. The summed E-state index contributed by atoms with van der Waals surface area (Å²) in [6.45, 7) is 86.7. The Kier molecular flexibility index (Phi) is 27.7. The van der Waals surface area contributed by atoms with Gasteiger partial charge in [0.15, 0.2) is 34.7 Å². The third kappa shape index (κ3) is 22.4. The van der Waals surface area contributed by atoms with Crippen molar-refractivity contribution in [3.8, 4) is 17.2 Å². The van der Waals surface area contributed by atoms with E-state index in [1.165, 1.54) is 0 Å². The van der Waals surface area contributed by atoms with Crippen molar-refractivity contribution in [1.82, 2.24) is 31.9 Å². The summed E-state index contributed by atoms with van der Waals surface area (Å²) in [5, 5.41) is 64.9. The molecule has 0 bridgehead atoms. The highest BCUT2D eigenvalue weighted by atomic mass is 16.7. The Morgan fingerprint density at radius 2 is 0.426 bits per heavy atom. The summed E-state index contributed by atoms with van der Waals surface area (Å²) in [5.41, 5.74) is -1.42. The first-order valence-corrected chi connectivity index (χ1v) is 52.9. The lowest BCUT2D eigenvalue weighted by Gasteiger charge is -2.69. The van der Waals surface area contributed by atoms with E-state index in [4.69, 9.17) is 56.8 Å². The van der Waals surface area contributed by atoms with Crippen LogP contribution in [0.3, 0.4) is 0 Å². The molecule has 9 N–H and O–H groups in total. The minimum atomic E-state index is -1.35. The first-order valence-electron chi connectivity index (χ1n) is 52.9. The molecule has 1 unspecified atom stereocenters. The molecule has 15 rings (SSSR count). The van der Waals surface area contributed by atoms with Crippen LogP contribution in [0.15, 0.2) is 36.4 Å². The minimum absolute atomic E-state index is 0.201. The summed E-state index contributed by atoms with van der Waals surface area (Å²) >= 11 is 0. The highest BCUT2D eigenvalue weighted by Gasteiger charge is 2.72. The van der Waals surface area contributed by atoms with Crippen LogP contribution in [0, 0.1) is 67.6 Å². The topological polar surface area (TPSA) is 244 Å². The molecule has 21 heteroatoms. The highest BCUT2D eigenvalue weighted by molar-refractivity contribution is 5.61. The van der Waals surface area contributed by atoms with Gasteiger partial charge in [-0.15, -0.1) is 0 Å². The van der Waals surface area contributed by atoms with Crippen LogP contribution < -0.4 is 31.9 Å². The Labute approximate surface area is 822 Å². The van der Waals surface area contributed by atoms with Crippen LogP contribution in [0.1, 0.15) is 394 Å². The Hall–Kier alpha value is -3.66. The number of hydrogen-bond donors (Lipinski definition) is 9. The molecule has 6 spiro atoms. The Morgan fingerprint density at radius 3 is 0.632 bits per heavy atom. The first-order chi connectivity index (χ1) is 61.9. The molecule has 12 saturated heterocycles. The molecule has 0 radical (unpaired) electrons. The Morgan fingerprint density at radius 1 is 0.250 bits per heavy atom. The maximum Gasteiger partial charge on any atom is 0.171 e. The predicted octanol–water partition coefficient (Wildman–Crippen LogP) is 21.6. The average molecular weight is 1900 g/mol. The maximum atomic E-state index is 13.7. The number of phenols is 3. The number of nitrogens with one attached hydrogen (secondary N) is 6. The molecular formula is C115H190N6O15. The molecule has 0 aromatic heterocycles. The van der Waals surface area contributed by atoms with Crippen LogP contribution in [0.25, 0.3) is 0 Å². The summed E-state index contributed by atoms with van der Waals surface area (Å²) < 4.78 is 95.6. The van der Waals surface area contributed by atoms with E-state index in [9.17, 15) is 15.3 Å². The van der Waals surface area contributed by atoms with Crippen LogP contribution in [-0.4, -0.2) is 196 Å². The van der Waals surface area contributed by atoms with Gasteiger partial charge in [0.25, 0.3) is 0 Å². The number of aromatic hydroxyl groups is 3. The molecular weight excluding hydrogens is 1710 g/mol. The summed E-state index contributed by atoms with van der Waals surface area (Å²) in [5.74, 6) is -7.04. The first kappa shape index (κ1) is 107. The number of benzene rings is 3. The second-order valence-electron chi connectivity index (χ2n) is 58.1. The van der Waals surface area contributed by atoms with Gasteiger partial charge in [-0.2, -0.15) is 0 Å². The van der Waals surface area contributed by atoms with E-state index in [0.717, 1.165) is 50.1 Å². The van der Waals surface area contributed by atoms with Gasteiger partial charge >= 0.3 is 0 Å². The van der Waals surface area contributed by atoms with Gasteiger partial charge in [-0.3, -0.25) is 0 Å². The SMILES string of the molecule is Cc1cc(O)c(C(C)(C)C)cc1C(CC1COC2(CC(C)(C)NC(C)(C)C2)OC1)(c1cc(C(C)(C)C)c(O)cc1C)C(CC1COC2(CC(C)(C)NC(C)(C)C2)OC1)(CC1COC2(CC(C)(C)NC(C)(C)C2)OC1)C(CC1COC2(CC(C)(C)NC(C)(C)C2)OC1)(c1cc(C(C)(C)C)c(O)cc1C)C(CC1COC2(CC(C)(C)NC(C)(C)C2)OC1)CC1COC2(CC(C)(C)NC(C)(C)C2)OC1. The number of rotatable bonds is 18. The van der Waals surface area contributed by atoms with Crippen molar-refractivity contribution in [2.24, 2.45) is 46.8 Å². The van der Waals surface area contributed by atoms with Gasteiger partial charge in [0, 0.05) is 190 Å². The van der Waals surface area contributed by atoms with Crippen molar-refractivity contribution in [3.63, 3.8) is 0 Å². The third-order valence-electron chi connectivity index (χ3n) is 33.5. The quantitative estimate of drug-likeness (QED) is 0.0575. The molecule has 0 aliphatic carbocycles. The monoisotopic (exact) mass is 1900 g/mol. The molecule has 0 amide bonds. The zero-order chi connectivity index (χ0) is 100. The number of aryl methyl sites for hydroxylation is 3. The van der Waals surface area contributed by atoms with Crippen molar-refractivity contribution in [1.29, 1.82) is 0 Å². The van der Waals surface area contributed by atoms with Crippen molar-refractivity contribution in [3.05, 3.63) is 86.5 Å². The molecule has 21 nitrogen and oxygen atoms in total. The van der Waals surface area contributed by atoms with Crippen molar-refractivity contribution >= 4 is 0 Å². The fraction of sp³-hybridized carbons (Fsp3) is 0.843. The van der Waals surface area contributed by atoms with Gasteiger partial charge in [0.1, 0.15) is 17.2 Å². The minimum Gasteiger partial charge on any atom is -0.508 e. The van der Waals surface area contributed by atoms with E-state index in [-0.39, 0.29) is 119 Å². The Balaban J connectivity index is 1.14. The van der Waals surface area contributed by atoms with Crippen LogP contribution in [0.4, 0.5) is 0 Å². The van der Waals surface area contributed by atoms with Crippen LogP contribution in [0.2, 0.25) is 0 Å². The largest absolute Gasteiger partial charge is 0.508 e. The van der Waals surface area contributed by atoms with Crippen LogP contribution in [-0.2, 0) is 83.9 Å². The Bertz CT molecular complexity index is 4470. The highest BCUT2D eigenvalue weighted by Crippen LogP contribution is 2.74. The molecule has 0 saturated carbocycles. The average Bonchev–Trinajstić information content (AvgIpc) is 0.663. The van der Waals surface area contributed by atoms with E-state index in [0.29, 0.717) is 195 Å². The number of piperidine rings is 6. The smallest absolute Gasteiger partial charge is 0.171 e. The van der Waals surface area contributed by atoms with Crippen molar-refractivity contribution in [2.75, 3.05) is 79.3 Å². The van der Waals surface area contributed by atoms with Crippen LogP contribution >= 0.6 is 0 Å². The van der Waals surface area contributed by atoms with E-state index < -0.39 is 73.1 Å². The molecule has 12 aliphatic rings. The number of ether oxygens (including phenoxy) is 12. The second-order valence-corrected chi connectivity index (χ2v) is 58.1. The third-order valence-corrected chi connectivity index (χ3v) is 33.5. The number of phenolic OH excluding ortho intramolecular Hbond substituents is 3. The normalized spacial score (nSPS) is 28.5. The molecule has 12 aliphatic heterocycles. The van der Waals surface area contributed by atoms with E-state index in [2.05, 4.69) is 318 Å². The van der Waals surface area contributed by atoms with Gasteiger partial charge in [-0.05, 0) is 321 Å². The zero-order valence-corrected chi connectivity index (χ0v) is 92.0. The molecule has 770 valence electrons. The lowest BCUT2D eigenvalue weighted by Crippen LogP contribution is -2.69. The molecule has 136 heavy (non-hydrogen) atoms. The van der Waals surface area contributed by atoms with Crippen molar-refractivity contribution in [2.45, 2.75) is 493 Å². The van der Waals surface area contributed by atoms with Gasteiger partial charge in [0.2, 0.25) is 0 Å². The lowest BCUT2D eigenvalue weighted by atomic mass is 9.35. The van der Waals surface area contributed by atoms with Crippen molar-refractivity contribution < 1.29 is 72.2 Å². The summed E-state index contributed by atoms with van der Waals surface area (Å²) in [6, 6.07) is 13.8. The van der Waals surface area contributed by atoms with E-state index >= 15 is 0 Å². The molecule has 3 aromatic carbocycles. The standard InChI is InChI=1S/C115H190N6O15/c1-73-37-89(122)86(92(4,5)6)42-83(73)114(47-80-57-133-112(134-58-80)69-103(29,30)120-104(31,32)70-112,82(40-76-49-125-108(126-50-76)61-95(13,14)116-96(15,16)62-108)41-77-51-127-109(128-52-77)63-97(17,18)117-98(19,20)64-109)107(45-78-53-129-110(130-54-78)65-99(21,22)118-100(23,24)66-110,46-79-55-131-111(132-56-79)67-101(25,26)119-102(27,28)68-111)115(84-43-87(93(7,8)9)90(123)38-74(84)2,85-44-88(94(10,11)12)91(124)39-75(85)3)48-81-59-135-113(136-60-81)71-105(33,34)121-106(35,36)72-113/h37-39,42-44,76-82,116-124H,40-41,45-72H2,1-36H3. The predicted molar refractivity (Wildman–Crippen MR) is 543 cm³/mol. The van der Waals surface area contributed by atoms with Gasteiger partial charge < -0.3 is 104 Å². The molecule has 12 fully saturated rings. The fourth-order valence-electron chi connectivity index (χ4n) is 32.3. The second kappa shape index (κ2) is 35.3. The van der Waals surface area contributed by atoms with Crippen LogP contribution in [0.5, 0.6) is 17.2 Å². The number of hydrogen-bond acceptors (Lipinski definition) is 21. The summed E-state index contributed by atoms with van der Waals surface area (Å²) in [4.78, 5) is 0. The summed E-state index contributed by atoms with van der Waals surface area (Å²) in [7, 11) is 0. The maximum absolute atomic E-state index is 13.7. The fourth-order valence-corrected chi connectivity index (χ4v) is 32.3. The molecule has 1 atom stereocenters. The molecule has 3 aromatic rings. The van der Waals surface area contributed by atoms with E-state index in [1.54, 1.807) is 0 Å². The van der Waals surface area contributed by atoms with Gasteiger partial charge in [-0.25, -0.2) is 0 Å². The van der Waals surface area contributed by atoms with Gasteiger partial charge in [-0.1, -0.05) is 80.5 Å².